The molecule has 0 aliphatic carbocycles. The molecule has 0 fully saturated rings. The molecule has 1 aromatic heterocycles. The van der Waals surface area contributed by atoms with Crippen molar-refractivity contribution in [2.24, 2.45) is 0 Å². The van der Waals surface area contributed by atoms with Gasteiger partial charge in [-0.1, -0.05) is 18.2 Å². The van der Waals surface area contributed by atoms with Gasteiger partial charge in [0.1, 0.15) is 5.82 Å². The first-order valence-electron chi connectivity index (χ1n) is 6.56. The van der Waals surface area contributed by atoms with Gasteiger partial charge in [0.05, 0.1) is 11.7 Å². The van der Waals surface area contributed by atoms with E-state index in [1.807, 2.05) is 25.1 Å². The summed E-state index contributed by atoms with van der Waals surface area (Å²) in [5.74, 6) is -0.353. The van der Waals surface area contributed by atoms with E-state index in [4.69, 9.17) is 0 Å². The zero-order valence-corrected chi connectivity index (χ0v) is 11.7. The van der Waals surface area contributed by atoms with Crippen LogP contribution in [-0.2, 0) is 0 Å². The van der Waals surface area contributed by atoms with E-state index in [-0.39, 0.29) is 5.82 Å². The number of halogens is 1. The number of nitrogens with zero attached hydrogens (tertiary/aromatic N) is 2. The average molecular weight is 283 g/mol. The number of amides is 1. The van der Waals surface area contributed by atoms with Crippen LogP contribution in [0, 0.1) is 19.7 Å². The van der Waals surface area contributed by atoms with Gasteiger partial charge in [-0.05, 0) is 43.2 Å². The second-order valence-electron chi connectivity index (χ2n) is 5.01. The van der Waals surface area contributed by atoms with E-state index in [9.17, 15) is 9.18 Å². The Labute approximate surface area is 121 Å². The third kappa shape index (κ3) is 2.50. The molecule has 3 aromatic rings. The van der Waals surface area contributed by atoms with Crippen molar-refractivity contribution in [1.82, 2.24) is 9.78 Å². The molecule has 106 valence electrons. The highest BCUT2D eigenvalue weighted by atomic mass is 19.1. The molecule has 0 bridgehead atoms. The largest absolute Gasteiger partial charge is 0.347 e. The fourth-order valence-electron chi connectivity index (χ4n) is 2.14. The first kappa shape index (κ1) is 13.3. The molecule has 1 amide bonds. The number of aryl methyl sites for hydroxylation is 2. The van der Waals surface area contributed by atoms with Crippen molar-refractivity contribution in [3.05, 3.63) is 59.5 Å². The van der Waals surface area contributed by atoms with Crippen LogP contribution < -0.4 is 5.32 Å². The summed E-state index contributed by atoms with van der Waals surface area (Å²) in [6.45, 7) is 3.62. The molecular weight excluding hydrogens is 269 g/mol. The topological polar surface area (TPSA) is 46.9 Å². The Bertz CT molecular complexity index is 839. The van der Waals surface area contributed by atoms with E-state index in [2.05, 4.69) is 10.4 Å². The fourth-order valence-corrected chi connectivity index (χ4v) is 2.14. The molecule has 0 saturated carbocycles. The Morgan fingerprint density at radius 1 is 1.19 bits per heavy atom. The molecule has 0 aliphatic rings. The third-order valence-electron chi connectivity index (χ3n) is 3.34. The van der Waals surface area contributed by atoms with Gasteiger partial charge in [-0.3, -0.25) is 0 Å². The van der Waals surface area contributed by atoms with Crippen LogP contribution in [-0.4, -0.2) is 15.8 Å². The van der Waals surface area contributed by atoms with Crippen LogP contribution in [0.3, 0.4) is 0 Å². The highest BCUT2D eigenvalue weighted by Gasteiger charge is 2.11. The minimum Gasteiger partial charge on any atom is -0.306 e. The summed E-state index contributed by atoms with van der Waals surface area (Å²) >= 11 is 0. The number of anilines is 1. The molecule has 1 heterocycles. The second-order valence-corrected chi connectivity index (χ2v) is 5.01. The molecule has 0 aliphatic heterocycles. The van der Waals surface area contributed by atoms with Crippen molar-refractivity contribution in [2.75, 3.05) is 5.32 Å². The van der Waals surface area contributed by atoms with Crippen molar-refractivity contribution in [3.8, 4) is 0 Å². The zero-order valence-electron chi connectivity index (χ0n) is 11.7. The van der Waals surface area contributed by atoms with Gasteiger partial charge in [0, 0.05) is 11.1 Å². The SMILES string of the molecule is Cc1ccc2cnn(C(=O)Nc3ccc(C)c(F)c3)c2c1. The van der Waals surface area contributed by atoms with E-state index in [1.54, 1.807) is 25.3 Å². The van der Waals surface area contributed by atoms with E-state index in [0.717, 1.165) is 16.5 Å². The molecule has 0 unspecified atom stereocenters. The summed E-state index contributed by atoms with van der Waals surface area (Å²) in [6.07, 6.45) is 1.63. The lowest BCUT2D eigenvalue weighted by atomic mass is 10.2. The van der Waals surface area contributed by atoms with Crippen molar-refractivity contribution in [2.45, 2.75) is 13.8 Å². The lowest BCUT2D eigenvalue weighted by Crippen LogP contribution is -2.20. The van der Waals surface area contributed by atoms with E-state index in [0.29, 0.717) is 11.3 Å². The van der Waals surface area contributed by atoms with Gasteiger partial charge < -0.3 is 5.32 Å². The summed E-state index contributed by atoms with van der Waals surface area (Å²) in [6, 6.07) is 9.92. The number of aromatic nitrogens is 2. The summed E-state index contributed by atoms with van der Waals surface area (Å²) in [5, 5.41) is 7.61. The Kier molecular flexibility index (Phi) is 3.17. The van der Waals surface area contributed by atoms with Crippen molar-refractivity contribution < 1.29 is 9.18 Å². The highest BCUT2D eigenvalue weighted by molar-refractivity contribution is 5.97. The number of hydrogen-bond donors (Lipinski definition) is 1. The molecule has 0 atom stereocenters. The van der Waals surface area contributed by atoms with Gasteiger partial charge in [0.15, 0.2) is 0 Å². The van der Waals surface area contributed by atoms with Crippen molar-refractivity contribution in [1.29, 1.82) is 0 Å². The summed E-state index contributed by atoms with van der Waals surface area (Å²) in [7, 11) is 0. The number of fused-ring (bicyclic) bond motifs is 1. The van der Waals surface area contributed by atoms with Crippen LogP contribution >= 0.6 is 0 Å². The number of hydrogen-bond acceptors (Lipinski definition) is 2. The Morgan fingerprint density at radius 2 is 2.00 bits per heavy atom. The molecule has 21 heavy (non-hydrogen) atoms. The molecule has 0 saturated heterocycles. The predicted molar refractivity (Wildman–Crippen MR) is 80.0 cm³/mol. The standard InChI is InChI=1S/C16H14FN3O/c1-10-3-5-12-9-18-20(15(12)7-10)16(21)19-13-6-4-11(2)14(17)8-13/h3-9H,1-2H3,(H,19,21). The zero-order chi connectivity index (χ0) is 15.0. The quantitative estimate of drug-likeness (QED) is 0.737. The van der Waals surface area contributed by atoms with Crippen molar-refractivity contribution >= 4 is 22.6 Å². The predicted octanol–water partition coefficient (Wildman–Crippen LogP) is 3.87. The van der Waals surface area contributed by atoms with Crippen LogP contribution in [0.2, 0.25) is 0 Å². The maximum atomic E-state index is 13.5. The van der Waals surface area contributed by atoms with E-state index >= 15 is 0 Å². The molecule has 4 nitrogen and oxygen atoms in total. The maximum absolute atomic E-state index is 13.5. The van der Waals surface area contributed by atoms with Crippen LogP contribution in [0.5, 0.6) is 0 Å². The molecule has 1 N–H and O–H groups in total. The smallest absolute Gasteiger partial charge is 0.306 e. The molecule has 0 spiro atoms. The highest BCUT2D eigenvalue weighted by Crippen LogP contribution is 2.17. The minimum atomic E-state index is -0.418. The second kappa shape index (κ2) is 5.01. The number of benzene rings is 2. The number of carbonyl (C=O) groups excluding carboxylic acids is 1. The number of rotatable bonds is 1. The fraction of sp³-hybridized carbons (Fsp3) is 0.125. The van der Waals surface area contributed by atoms with Gasteiger partial charge in [0.25, 0.3) is 0 Å². The summed E-state index contributed by atoms with van der Waals surface area (Å²) < 4.78 is 14.8. The average Bonchev–Trinajstić information content (AvgIpc) is 2.86. The monoisotopic (exact) mass is 283 g/mol. The van der Waals surface area contributed by atoms with Gasteiger partial charge in [0.2, 0.25) is 0 Å². The van der Waals surface area contributed by atoms with E-state index in [1.165, 1.54) is 10.7 Å². The lowest BCUT2D eigenvalue weighted by Gasteiger charge is -2.07. The Morgan fingerprint density at radius 3 is 2.76 bits per heavy atom. The van der Waals surface area contributed by atoms with Gasteiger partial charge in [-0.25, -0.2) is 9.18 Å². The third-order valence-corrected chi connectivity index (χ3v) is 3.34. The first-order valence-corrected chi connectivity index (χ1v) is 6.56. The van der Waals surface area contributed by atoms with Crippen LogP contribution in [0.4, 0.5) is 14.9 Å². The molecule has 5 heteroatoms. The van der Waals surface area contributed by atoms with Crippen LogP contribution in [0.25, 0.3) is 10.9 Å². The first-order chi connectivity index (χ1) is 10.0. The molecule has 2 aromatic carbocycles. The van der Waals surface area contributed by atoms with E-state index < -0.39 is 6.03 Å². The molecule has 0 radical (unpaired) electrons. The Balaban J connectivity index is 1.93. The number of carbonyl (C=O) groups is 1. The normalized spacial score (nSPS) is 10.8. The van der Waals surface area contributed by atoms with Gasteiger partial charge in [-0.2, -0.15) is 9.78 Å². The van der Waals surface area contributed by atoms with Crippen LogP contribution in [0.1, 0.15) is 11.1 Å². The Hall–Kier alpha value is -2.69. The summed E-state index contributed by atoms with van der Waals surface area (Å²) in [5.41, 5.74) is 2.70. The molecule has 3 rings (SSSR count). The minimum absolute atomic E-state index is 0.353. The summed E-state index contributed by atoms with van der Waals surface area (Å²) in [4.78, 5) is 12.3. The van der Waals surface area contributed by atoms with Gasteiger partial charge >= 0.3 is 6.03 Å². The van der Waals surface area contributed by atoms with Crippen LogP contribution in [0.15, 0.2) is 42.6 Å². The van der Waals surface area contributed by atoms with Crippen molar-refractivity contribution in [3.63, 3.8) is 0 Å². The van der Waals surface area contributed by atoms with Gasteiger partial charge in [-0.15, -0.1) is 0 Å². The number of nitrogens with one attached hydrogen (secondary N) is 1. The maximum Gasteiger partial charge on any atom is 0.347 e. The lowest BCUT2D eigenvalue weighted by molar-refractivity contribution is 0.252. The molecular formula is C16H14FN3O.